The van der Waals surface area contributed by atoms with Gasteiger partial charge < -0.3 is 9.47 Å². The smallest absolute Gasteiger partial charge is 0.114 e. The van der Waals surface area contributed by atoms with Crippen molar-refractivity contribution in [2.24, 2.45) is 0 Å². The lowest BCUT2D eigenvalue weighted by molar-refractivity contribution is 0.0152. The summed E-state index contributed by atoms with van der Waals surface area (Å²) in [5.41, 5.74) is 1.75. The van der Waals surface area contributed by atoms with Crippen LogP contribution in [0.25, 0.3) is 0 Å². The molecule has 0 amide bonds. The van der Waals surface area contributed by atoms with E-state index in [2.05, 4.69) is 45.5 Å². The van der Waals surface area contributed by atoms with Crippen LogP contribution < -0.4 is 0 Å². The third-order valence-electron chi connectivity index (χ3n) is 4.74. The van der Waals surface area contributed by atoms with Crippen LogP contribution in [0.15, 0.2) is 36.5 Å². The zero-order chi connectivity index (χ0) is 17.7. The average molecular weight is 344 g/mol. The summed E-state index contributed by atoms with van der Waals surface area (Å²) in [6.45, 7) is 8.40. The molecule has 25 heavy (non-hydrogen) atoms. The molecule has 1 aromatic heterocycles. The Kier molecular flexibility index (Phi) is 5.83. The third-order valence-corrected chi connectivity index (χ3v) is 4.74. The van der Waals surface area contributed by atoms with Crippen LogP contribution in [0.4, 0.5) is 0 Å². The largest absolute Gasteiger partial charge is 0.375 e. The molecule has 0 bridgehead atoms. The Balaban J connectivity index is 1.61. The van der Waals surface area contributed by atoms with Crippen molar-refractivity contribution in [1.29, 1.82) is 0 Å². The van der Waals surface area contributed by atoms with Gasteiger partial charge in [0.2, 0.25) is 0 Å². The highest BCUT2D eigenvalue weighted by molar-refractivity contribution is 5.14. The quantitative estimate of drug-likeness (QED) is 0.806. The van der Waals surface area contributed by atoms with Crippen LogP contribution in [0.1, 0.15) is 31.5 Å². The molecule has 1 aliphatic heterocycles. The molecule has 6 heteroatoms. The fourth-order valence-electron chi connectivity index (χ4n) is 3.04. The normalized spacial score (nSPS) is 19.7. The number of aromatic nitrogens is 3. The van der Waals surface area contributed by atoms with E-state index < -0.39 is 5.60 Å². The summed E-state index contributed by atoms with van der Waals surface area (Å²) in [5.74, 6) is 0. The molecule has 2 aromatic rings. The van der Waals surface area contributed by atoms with Crippen molar-refractivity contribution in [1.82, 2.24) is 19.9 Å². The van der Waals surface area contributed by atoms with E-state index in [0.717, 1.165) is 38.4 Å². The second kappa shape index (κ2) is 8.08. The van der Waals surface area contributed by atoms with Crippen LogP contribution in [-0.4, -0.2) is 52.8 Å². The van der Waals surface area contributed by atoms with Crippen LogP contribution in [0, 0.1) is 0 Å². The molecule has 0 saturated carbocycles. The summed E-state index contributed by atoms with van der Waals surface area (Å²) in [5, 5.41) is 8.51. The molecule has 1 fully saturated rings. The maximum absolute atomic E-state index is 6.03. The maximum atomic E-state index is 6.03. The minimum Gasteiger partial charge on any atom is -0.375 e. The monoisotopic (exact) mass is 344 g/mol. The van der Waals surface area contributed by atoms with E-state index in [-0.39, 0.29) is 6.10 Å². The van der Waals surface area contributed by atoms with Crippen molar-refractivity contribution in [3.05, 3.63) is 47.8 Å². The van der Waals surface area contributed by atoms with E-state index in [1.54, 1.807) is 7.11 Å². The molecule has 2 heterocycles. The predicted octanol–water partition coefficient (Wildman–Crippen LogP) is 2.45. The van der Waals surface area contributed by atoms with Gasteiger partial charge in [-0.05, 0) is 25.8 Å². The summed E-state index contributed by atoms with van der Waals surface area (Å²) in [6.07, 6.45) is 3.13. The van der Waals surface area contributed by atoms with Crippen molar-refractivity contribution in [2.75, 3.05) is 26.8 Å². The lowest BCUT2D eigenvalue weighted by atomic mass is 10.1. The second-order valence-corrected chi connectivity index (χ2v) is 7.11. The zero-order valence-electron chi connectivity index (χ0n) is 15.4. The molecular formula is C19H28N4O2. The van der Waals surface area contributed by atoms with Gasteiger partial charge in [0.15, 0.2) is 0 Å². The van der Waals surface area contributed by atoms with Crippen molar-refractivity contribution in [3.63, 3.8) is 0 Å². The highest BCUT2D eigenvalue weighted by Crippen LogP contribution is 2.21. The van der Waals surface area contributed by atoms with Gasteiger partial charge in [-0.15, -0.1) is 5.10 Å². The Hall–Kier alpha value is -1.76. The third kappa shape index (κ3) is 4.87. The molecule has 1 unspecified atom stereocenters. The van der Waals surface area contributed by atoms with E-state index >= 15 is 0 Å². The van der Waals surface area contributed by atoms with E-state index in [1.165, 1.54) is 5.56 Å². The summed E-state index contributed by atoms with van der Waals surface area (Å²) >= 11 is 0. The zero-order valence-corrected chi connectivity index (χ0v) is 15.4. The first kappa shape index (κ1) is 18.0. The number of ether oxygens (including phenoxy) is 2. The Labute approximate surface area is 149 Å². The van der Waals surface area contributed by atoms with Crippen LogP contribution >= 0.6 is 0 Å². The molecule has 1 aromatic carbocycles. The number of hydrogen-bond acceptors (Lipinski definition) is 5. The number of methoxy groups -OCH3 is 1. The van der Waals surface area contributed by atoms with Gasteiger partial charge in [-0.2, -0.15) is 0 Å². The van der Waals surface area contributed by atoms with E-state index in [1.807, 2.05) is 24.7 Å². The Morgan fingerprint density at radius 2 is 2.08 bits per heavy atom. The van der Waals surface area contributed by atoms with Gasteiger partial charge in [-0.25, -0.2) is 4.68 Å². The lowest BCUT2D eigenvalue weighted by Gasteiger charge is -2.23. The van der Waals surface area contributed by atoms with Crippen molar-refractivity contribution < 1.29 is 9.47 Å². The summed E-state index contributed by atoms with van der Waals surface area (Å²) in [7, 11) is 1.69. The molecule has 3 rings (SSSR count). The number of hydrogen-bond donors (Lipinski definition) is 0. The molecule has 1 atom stereocenters. The summed E-state index contributed by atoms with van der Waals surface area (Å²) in [6, 6.07) is 10.6. The fraction of sp³-hybridized carbons (Fsp3) is 0.579. The molecule has 0 spiro atoms. The highest BCUT2D eigenvalue weighted by Gasteiger charge is 2.25. The highest BCUT2D eigenvalue weighted by atomic mass is 16.5. The Morgan fingerprint density at radius 3 is 2.84 bits per heavy atom. The van der Waals surface area contributed by atoms with Gasteiger partial charge in [-0.3, -0.25) is 4.90 Å². The van der Waals surface area contributed by atoms with Gasteiger partial charge in [0, 0.05) is 33.4 Å². The fourth-order valence-corrected chi connectivity index (χ4v) is 3.04. The molecular weight excluding hydrogens is 316 g/mol. The number of rotatable bonds is 6. The molecule has 136 valence electrons. The summed E-state index contributed by atoms with van der Waals surface area (Å²) < 4.78 is 13.4. The van der Waals surface area contributed by atoms with Crippen molar-refractivity contribution in [2.45, 2.75) is 45.1 Å². The van der Waals surface area contributed by atoms with E-state index in [4.69, 9.17) is 9.47 Å². The minimum atomic E-state index is -0.429. The van der Waals surface area contributed by atoms with Gasteiger partial charge in [0.25, 0.3) is 0 Å². The molecule has 6 nitrogen and oxygen atoms in total. The van der Waals surface area contributed by atoms with Gasteiger partial charge >= 0.3 is 0 Å². The van der Waals surface area contributed by atoms with Crippen molar-refractivity contribution >= 4 is 0 Å². The summed E-state index contributed by atoms with van der Waals surface area (Å²) in [4.78, 5) is 2.46. The average Bonchev–Trinajstić information content (AvgIpc) is 2.98. The van der Waals surface area contributed by atoms with Crippen LogP contribution in [0.5, 0.6) is 0 Å². The molecule has 0 radical (unpaired) electrons. The van der Waals surface area contributed by atoms with Gasteiger partial charge in [0.1, 0.15) is 11.3 Å². The molecule has 1 saturated heterocycles. The molecule has 1 aliphatic rings. The van der Waals surface area contributed by atoms with Crippen molar-refractivity contribution in [3.8, 4) is 0 Å². The lowest BCUT2D eigenvalue weighted by Crippen LogP contribution is -2.34. The molecule has 0 aliphatic carbocycles. The first-order valence-corrected chi connectivity index (χ1v) is 8.90. The first-order valence-electron chi connectivity index (χ1n) is 8.90. The van der Waals surface area contributed by atoms with E-state index in [0.29, 0.717) is 6.54 Å². The van der Waals surface area contributed by atoms with Gasteiger partial charge in [0.05, 0.1) is 18.8 Å². The minimum absolute atomic E-state index is 0.117. The standard InChI is InChI=1S/C19H28N4O2/c1-19(2,24-3)18-15-23(21-20-18)14-17-13-22(10-7-11-25-17)12-16-8-5-4-6-9-16/h4-6,8-9,15,17H,7,10-14H2,1-3H3. The Morgan fingerprint density at radius 1 is 1.28 bits per heavy atom. The van der Waals surface area contributed by atoms with Gasteiger partial charge in [-0.1, -0.05) is 35.5 Å². The first-order chi connectivity index (χ1) is 12.1. The van der Waals surface area contributed by atoms with Crippen LogP contribution in [0.3, 0.4) is 0 Å². The van der Waals surface area contributed by atoms with Crippen LogP contribution in [0.2, 0.25) is 0 Å². The number of benzene rings is 1. The van der Waals surface area contributed by atoms with Crippen LogP contribution in [-0.2, 0) is 28.2 Å². The topological polar surface area (TPSA) is 52.4 Å². The molecule has 0 N–H and O–H groups in total. The Bertz CT molecular complexity index is 656. The van der Waals surface area contributed by atoms with E-state index in [9.17, 15) is 0 Å². The maximum Gasteiger partial charge on any atom is 0.114 e. The predicted molar refractivity (Wildman–Crippen MR) is 96.1 cm³/mol. The number of nitrogens with zero attached hydrogens (tertiary/aromatic N) is 4. The SMILES string of the molecule is COC(C)(C)c1cn(CC2CN(Cc3ccccc3)CCCO2)nn1. The second-order valence-electron chi connectivity index (χ2n) is 7.11.